The van der Waals surface area contributed by atoms with Gasteiger partial charge in [-0.2, -0.15) is 5.26 Å². The Bertz CT molecular complexity index is 718. The highest BCUT2D eigenvalue weighted by Crippen LogP contribution is 2.23. The molecule has 1 heterocycles. The van der Waals surface area contributed by atoms with Gasteiger partial charge in [0, 0.05) is 6.20 Å². The molecule has 2 N–H and O–H groups in total. The maximum atomic E-state index is 11.0. The molecule has 1 aromatic heterocycles. The molecule has 0 radical (unpaired) electrons. The fraction of sp³-hybridized carbons (Fsp3) is 0. The third-order valence-corrected chi connectivity index (χ3v) is 3.55. The lowest BCUT2D eigenvalue weighted by molar-refractivity contribution is -0.114. The first-order valence-electron chi connectivity index (χ1n) is 4.65. The molecular weight excluding hydrogens is 254 g/mol. The van der Waals surface area contributed by atoms with Crippen molar-refractivity contribution in [2.45, 2.75) is 0 Å². The highest BCUT2D eigenvalue weighted by molar-refractivity contribution is 7.73. The van der Waals surface area contributed by atoms with Crippen LogP contribution in [-0.2, 0) is 4.79 Å². The van der Waals surface area contributed by atoms with Crippen molar-refractivity contribution in [3.05, 3.63) is 33.8 Å². The summed E-state index contributed by atoms with van der Waals surface area (Å²) in [7, 11) is 0. The minimum Gasteiger partial charge on any atom is -0.365 e. The number of nitrogens with zero attached hydrogens (tertiary/aromatic N) is 2. The summed E-state index contributed by atoms with van der Waals surface area (Å²) >= 11 is 6.60. The Morgan fingerprint density at radius 2 is 2.24 bits per heavy atom. The van der Waals surface area contributed by atoms with E-state index in [2.05, 4.69) is 0 Å². The van der Waals surface area contributed by atoms with E-state index in [0.29, 0.717) is 3.95 Å². The maximum absolute atomic E-state index is 11.0. The number of primary amides is 1. The molecule has 0 saturated carbocycles. The minimum atomic E-state index is -0.760. The van der Waals surface area contributed by atoms with E-state index < -0.39 is 5.91 Å². The predicted octanol–water partition coefficient (Wildman–Crippen LogP) is 2.28. The molecule has 0 aliphatic carbocycles. The molecule has 1 amide bonds. The van der Waals surface area contributed by atoms with E-state index in [0.717, 1.165) is 10.2 Å². The van der Waals surface area contributed by atoms with E-state index in [1.165, 1.54) is 17.5 Å². The van der Waals surface area contributed by atoms with Gasteiger partial charge in [0.15, 0.2) is 3.95 Å². The summed E-state index contributed by atoms with van der Waals surface area (Å²) in [5, 5.41) is 8.80. The molecular formula is C11H7N3OS2. The van der Waals surface area contributed by atoms with Crippen molar-refractivity contribution in [1.82, 2.24) is 4.57 Å². The van der Waals surface area contributed by atoms with Crippen LogP contribution in [0, 0.1) is 15.3 Å². The lowest BCUT2D eigenvalue weighted by Gasteiger charge is -1.97. The molecule has 0 spiro atoms. The van der Waals surface area contributed by atoms with E-state index in [1.807, 2.05) is 24.3 Å². The number of aromatic nitrogens is 1. The normalized spacial score (nSPS) is 11.4. The van der Waals surface area contributed by atoms with E-state index in [-0.39, 0.29) is 5.57 Å². The van der Waals surface area contributed by atoms with Gasteiger partial charge < -0.3 is 5.73 Å². The van der Waals surface area contributed by atoms with Gasteiger partial charge in [-0.15, -0.1) is 11.3 Å². The van der Waals surface area contributed by atoms with E-state index in [9.17, 15) is 4.79 Å². The molecule has 0 bridgehead atoms. The van der Waals surface area contributed by atoms with Gasteiger partial charge in [-0.25, -0.2) is 0 Å². The lowest BCUT2D eigenvalue weighted by Crippen LogP contribution is -2.13. The molecule has 1 aromatic carbocycles. The largest absolute Gasteiger partial charge is 0.365 e. The van der Waals surface area contributed by atoms with Crippen LogP contribution in [0.4, 0.5) is 0 Å². The van der Waals surface area contributed by atoms with Crippen molar-refractivity contribution in [2.75, 3.05) is 0 Å². The molecule has 17 heavy (non-hydrogen) atoms. The van der Waals surface area contributed by atoms with Crippen molar-refractivity contribution in [2.24, 2.45) is 5.73 Å². The number of thiazole rings is 1. The number of benzene rings is 1. The predicted molar refractivity (Wildman–Crippen MR) is 69.7 cm³/mol. The standard InChI is InChI=1S/C11H7N3OS2/c12-5-7(10(13)15)6-14-8-3-1-2-4-9(8)17-11(14)16/h1-4,6H,(H2,13,15)/b7-6+. The monoisotopic (exact) mass is 261 g/mol. The summed E-state index contributed by atoms with van der Waals surface area (Å²) in [4.78, 5) is 11.0. The first-order chi connectivity index (χ1) is 8.13. The van der Waals surface area contributed by atoms with Crippen molar-refractivity contribution < 1.29 is 4.79 Å². The molecule has 2 aromatic rings. The van der Waals surface area contributed by atoms with Gasteiger partial charge in [0.1, 0.15) is 11.6 Å². The molecule has 84 valence electrons. The van der Waals surface area contributed by atoms with E-state index in [4.69, 9.17) is 23.2 Å². The second-order valence-corrected chi connectivity index (χ2v) is 4.90. The smallest absolute Gasteiger partial charge is 0.260 e. The number of amides is 1. The molecule has 4 nitrogen and oxygen atoms in total. The highest BCUT2D eigenvalue weighted by Gasteiger charge is 2.07. The number of para-hydroxylation sites is 1. The summed E-state index contributed by atoms with van der Waals surface area (Å²) in [6.07, 6.45) is 1.38. The second kappa shape index (κ2) is 4.49. The van der Waals surface area contributed by atoms with Gasteiger partial charge in [0.05, 0.1) is 10.2 Å². The van der Waals surface area contributed by atoms with Crippen LogP contribution in [0.1, 0.15) is 0 Å². The number of fused-ring (bicyclic) bond motifs is 1. The molecule has 0 aliphatic heterocycles. The van der Waals surface area contributed by atoms with Crippen LogP contribution in [0.5, 0.6) is 0 Å². The van der Waals surface area contributed by atoms with E-state index in [1.54, 1.807) is 10.6 Å². The average molecular weight is 261 g/mol. The average Bonchev–Trinajstić information content (AvgIpc) is 2.61. The van der Waals surface area contributed by atoms with Gasteiger partial charge in [-0.05, 0) is 24.4 Å². The van der Waals surface area contributed by atoms with Crippen molar-refractivity contribution in [3.63, 3.8) is 0 Å². The molecule has 6 heteroatoms. The van der Waals surface area contributed by atoms with Gasteiger partial charge in [0.2, 0.25) is 0 Å². The quantitative estimate of drug-likeness (QED) is 0.512. The molecule has 0 saturated heterocycles. The summed E-state index contributed by atoms with van der Waals surface area (Å²) in [5.74, 6) is -0.760. The number of nitrogens with two attached hydrogens (primary N) is 1. The van der Waals surface area contributed by atoms with Crippen LogP contribution in [0.15, 0.2) is 29.8 Å². The lowest BCUT2D eigenvalue weighted by atomic mass is 10.3. The number of hydrogen-bond donors (Lipinski definition) is 1. The Balaban J connectivity index is 2.72. The number of carbonyl (C=O) groups is 1. The second-order valence-electron chi connectivity index (χ2n) is 3.22. The summed E-state index contributed by atoms with van der Waals surface area (Å²) in [6.45, 7) is 0. The van der Waals surface area contributed by atoms with Crippen molar-refractivity contribution in [1.29, 1.82) is 5.26 Å². The Kier molecular flexibility index (Phi) is 3.04. The molecule has 2 rings (SSSR count). The number of rotatable bonds is 2. The van der Waals surface area contributed by atoms with Gasteiger partial charge >= 0.3 is 0 Å². The Labute approximate surface area is 106 Å². The molecule has 0 fully saturated rings. The zero-order valence-corrected chi connectivity index (χ0v) is 10.2. The minimum absolute atomic E-state index is 0.121. The van der Waals surface area contributed by atoms with Gasteiger partial charge in [-0.3, -0.25) is 9.36 Å². The zero-order valence-electron chi connectivity index (χ0n) is 8.58. The van der Waals surface area contributed by atoms with E-state index >= 15 is 0 Å². The topological polar surface area (TPSA) is 71.8 Å². The zero-order chi connectivity index (χ0) is 12.4. The third kappa shape index (κ3) is 2.11. The van der Waals surface area contributed by atoms with Crippen molar-refractivity contribution in [3.8, 4) is 6.07 Å². The molecule has 0 unspecified atom stereocenters. The number of carbonyl (C=O) groups excluding carboxylic acids is 1. The van der Waals surface area contributed by atoms with Crippen LogP contribution in [0.3, 0.4) is 0 Å². The fourth-order valence-corrected chi connectivity index (χ4v) is 2.66. The van der Waals surface area contributed by atoms with Gasteiger partial charge in [-0.1, -0.05) is 12.1 Å². The number of nitriles is 1. The van der Waals surface area contributed by atoms with Crippen LogP contribution >= 0.6 is 23.6 Å². The van der Waals surface area contributed by atoms with Crippen LogP contribution in [0.25, 0.3) is 16.4 Å². The summed E-state index contributed by atoms with van der Waals surface area (Å²) in [5.41, 5.74) is 5.82. The molecule has 0 aliphatic rings. The summed E-state index contributed by atoms with van der Waals surface area (Å²) in [6, 6.07) is 9.32. The first kappa shape index (κ1) is 11.5. The maximum Gasteiger partial charge on any atom is 0.260 e. The highest BCUT2D eigenvalue weighted by atomic mass is 32.1. The fourth-order valence-electron chi connectivity index (χ4n) is 1.38. The van der Waals surface area contributed by atoms with Crippen LogP contribution < -0.4 is 5.73 Å². The summed E-state index contributed by atoms with van der Waals surface area (Å²) < 4.78 is 3.19. The van der Waals surface area contributed by atoms with Gasteiger partial charge in [0.25, 0.3) is 5.91 Å². The van der Waals surface area contributed by atoms with Crippen molar-refractivity contribution >= 4 is 45.9 Å². The third-order valence-electron chi connectivity index (χ3n) is 2.16. The SMILES string of the molecule is N#C/C(=C\n1c(=S)sc2ccccc21)C(N)=O. The van der Waals surface area contributed by atoms with Crippen LogP contribution in [-0.4, -0.2) is 10.5 Å². The molecule has 0 atom stereocenters. The Hall–Kier alpha value is -1.97. The Morgan fingerprint density at radius 3 is 2.88 bits per heavy atom. The number of hydrogen-bond acceptors (Lipinski definition) is 4. The van der Waals surface area contributed by atoms with Crippen LogP contribution in [0.2, 0.25) is 0 Å². The first-order valence-corrected chi connectivity index (χ1v) is 5.87. The Morgan fingerprint density at radius 1 is 1.53 bits per heavy atom.